The van der Waals surface area contributed by atoms with Gasteiger partial charge in [0.2, 0.25) is 0 Å². The van der Waals surface area contributed by atoms with E-state index in [0.29, 0.717) is 34.1 Å². The highest BCUT2D eigenvalue weighted by Crippen LogP contribution is 2.28. The largest absolute Gasteiger partial charge is 0.391 e. The summed E-state index contributed by atoms with van der Waals surface area (Å²) in [5.41, 5.74) is 1.06. The van der Waals surface area contributed by atoms with Crippen molar-refractivity contribution in [1.29, 1.82) is 0 Å². The quantitative estimate of drug-likeness (QED) is 0.721. The molecule has 2 atom stereocenters. The minimum absolute atomic E-state index is 0.352. The fourth-order valence-electron chi connectivity index (χ4n) is 2.42. The molecule has 1 aliphatic rings. The van der Waals surface area contributed by atoms with Crippen LogP contribution in [0.15, 0.2) is 12.1 Å². The molecule has 1 aliphatic carbocycles. The molecule has 0 heterocycles. The van der Waals surface area contributed by atoms with Crippen LogP contribution in [-0.2, 0) is 9.59 Å². The van der Waals surface area contributed by atoms with E-state index in [2.05, 4.69) is 10.6 Å². The molecule has 0 bridgehead atoms. The molecule has 3 N–H and O–H groups in total. The van der Waals surface area contributed by atoms with Crippen molar-refractivity contribution in [3.05, 3.63) is 27.7 Å². The van der Waals surface area contributed by atoms with Crippen LogP contribution in [0, 0.1) is 6.92 Å². The van der Waals surface area contributed by atoms with Crippen molar-refractivity contribution in [2.45, 2.75) is 44.8 Å². The van der Waals surface area contributed by atoms with Gasteiger partial charge in [-0.3, -0.25) is 9.59 Å². The number of aliphatic hydroxyl groups excluding tert-OH is 1. The van der Waals surface area contributed by atoms with E-state index in [1.807, 2.05) is 0 Å². The molecule has 120 valence electrons. The maximum Gasteiger partial charge on any atom is 0.313 e. The number of carbonyl (C=O) groups is 2. The normalized spacial score (nSPS) is 21.3. The van der Waals surface area contributed by atoms with Crippen LogP contribution in [-0.4, -0.2) is 29.1 Å². The van der Waals surface area contributed by atoms with Gasteiger partial charge < -0.3 is 15.7 Å². The Morgan fingerprint density at radius 3 is 2.32 bits per heavy atom. The van der Waals surface area contributed by atoms with Crippen LogP contribution in [0.25, 0.3) is 0 Å². The smallest absolute Gasteiger partial charge is 0.313 e. The maximum atomic E-state index is 11.9. The number of halogens is 2. The van der Waals surface area contributed by atoms with Crippen molar-refractivity contribution in [2.75, 3.05) is 5.32 Å². The summed E-state index contributed by atoms with van der Waals surface area (Å²) in [5.74, 6) is -1.59. The van der Waals surface area contributed by atoms with E-state index in [9.17, 15) is 14.7 Å². The Hall–Kier alpha value is -1.30. The molecule has 5 nitrogen and oxygen atoms in total. The second-order valence-electron chi connectivity index (χ2n) is 5.45. The van der Waals surface area contributed by atoms with E-state index in [1.54, 1.807) is 6.92 Å². The molecule has 2 rings (SSSR count). The zero-order valence-electron chi connectivity index (χ0n) is 12.2. The van der Waals surface area contributed by atoms with Crippen LogP contribution in [0.1, 0.15) is 31.2 Å². The van der Waals surface area contributed by atoms with Gasteiger partial charge >= 0.3 is 11.8 Å². The standard InChI is InChI=1S/C15H18Cl2N2O3/c1-8-10(16)6-9(7-11(8)17)18-14(21)15(22)19-12-4-2-3-5-13(12)20/h6-7,12-13,20H,2-5H2,1H3,(H,18,21)(H,19,22). The first kappa shape index (κ1) is 17.1. The number of benzene rings is 1. The molecule has 0 saturated heterocycles. The predicted molar refractivity (Wildman–Crippen MR) is 86.2 cm³/mol. The number of carbonyl (C=O) groups excluding carboxylic acids is 2. The molecule has 0 aliphatic heterocycles. The number of hydrogen-bond donors (Lipinski definition) is 3. The van der Waals surface area contributed by atoms with Gasteiger partial charge in [0.1, 0.15) is 0 Å². The van der Waals surface area contributed by atoms with Gasteiger partial charge in [0.25, 0.3) is 0 Å². The molecule has 0 spiro atoms. The third kappa shape index (κ3) is 4.12. The van der Waals surface area contributed by atoms with Gasteiger partial charge in [-0.05, 0) is 37.5 Å². The molecule has 22 heavy (non-hydrogen) atoms. The summed E-state index contributed by atoms with van der Waals surface area (Å²) >= 11 is 12.0. The first-order valence-electron chi connectivity index (χ1n) is 7.14. The van der Waals surface area contributed by atoms with Crippen molar-refractivity contribution in [3.8, 4) is 0 Å². The van der Waals surface area contributed by atoms with Gasteiger partial charge in [-0.25, -0.2) is 0 Å². The topological polar surface area (TPSA) is 78.4 Å². The zero-order chi connectivity index (χ0) is 16.3. The highest BCUT2D eigenvalue weighted by atomic mass is 35.5. The highest BCUT2D eigenvalue weighted by Gasteiger charge is 2.26. The zero-order valence-corrected chi connectivity index (χ0v) is 13.7. The van der Waals surface area contributed by atoms with Gasteiger partial charge in [-0.15, -0.1) is 0 Å². The van der Waals surface area contributed by atoms with Crippen LogP contribution in [0.5, 0.6) is 0 Å². The van der Waals surface area contributed by atoms with Crippen molar-refractivity contribution in [3.63, 3.8) is 0 Å². The second kappa shape index (κ2) is 7.31. The molecule has 1 aromatic rings. The average Bonchev–Trinajstić information content (AvgIpc) is 2.47. The Kier molecular flexibility index (Phi) is 5.67. The van der Waals surface area contributed by atoms with E-state index in [1.165, 1.54) is 12.1 Å². The minimum Gasteiger partial charge on any atom is -0.391 e. The third-order valence-electron chi connectivity index (χ3n) is 3.79. The van der Waals surface area contributed by atoms with E-state index >= 15 is 0 Å². The second-order valence-corrected chi connectivity index (χ2v) is 6.27. The predicted octanol–water partition coefficient (Wildman–Crippen LogP) is 2.66. The number of hydrogen-bond acceptors (Lipinski definition) is 3. The molecule has 2 amide bonds. The summed E-state index contributed by atoms with van der Waals surface area (Å²) in [6, 6.07) is 2.68. The summed E-state index contributed by atoms with van der Waals surface area (Å²) in [5, 5.41) is 15.6. The third-order valence-corrected chi connectivity index (χ3v) is 4.58. The molecule has 7 heteroatoms. The Morgan fingerprint density at radius 1 is 1.14 bits per heavy atom. The van der Waals surface area contributed by atoms with Crippen molar-refractivity contribution >= 4 is 40.7 Å². The fraction of sp³-hybridized carbons (Fsp3) is 0.467. The van der Waals surface area contributed by atoms with E-state index in [0.717, 1.165) is 12.8 Å². The molecular formula is C15H18Cl2N2O3. The van der Waals surface area contributed by atoms with Gasteiger partial charge in [0.05, 0.1) is 12.1 Å². The Labute approximate surface area is 139 Å². The maximum absolute atomic E-state index is 11.9. The first-order chi connectivity index (χ1) is 10.4. The fourth-order valence-corrected chi connectivity index (χ4v) is 2.91. The van der Waals surface area contributed by atoms with Gasteiger partial charge in [-0.2, -0.15) is 0 Å². The summed E-state index contributed by atoms with van der Waals surface area (Å²) in [6.45, 7) is 1.76. The first-order valence-corrected chi connectivity index (χ1v) is 7.89. The monoisotopic (exact) mass is 344 g/mol. The summed E-state index contributed by atoms with van der Waals surface area (Å²) in [4.78, 5) is 23.8. The Morgan fingerprint density at radius 2 is 1.73 bits per heavy atom. The molecule has 1 saturated carbocycles. The minimum atomic E-state index is -0.811. The molecule has 0 radical (unpaired) electrons. The average molecular weight is 345 g/mol. The lowest BCUT2D eigenvalue weighted by molar-refractivity contribution is -0.137. The molecular weight excluding hydrogens is 327 g/mol. The van der Waals surface area contributed by atoms with Crippen LogP contribution < -0.4 is 10.6 Å². The lowest BCUT2D eigenvalue weighted by Crippen LogP contribution is -2.48. The highest BCUT2D eigenvalue weighted by molar-refractivity contribution is 6.40. The number of amides is 2. The number of nitrogens with one attached hydrogen (secondary N) is 2. The Balaban J connectivity index is 1.98. The summed E-state index contributed by atoms with van der Waals surface area (Å²) < 4.78 is 0. The van der Waals surface area contributed by atoms with Gasteiger partial charge in [0.15, 0.2) is 0 Å². The van der Waals surface area contributed by atoms with Gasteiger partial charge in [-0.1, -0.05) is 36.0 Å². The van der Waals surface area contributed by atoms with Crippen molar-refractivity contribution in [1.82, 2.24) is 5.32 Å². The number of aliphatic hydroxyl groups is 1. The van der Waals surface area contributed by atoms with Crippen LogP contribution in [0.2, 0.25) is 10.0 Å². The Bertz CT molecular complexity index is 569. The lowest BCUT2D eigenvalue weighted by atomic mass is 9.92. The van der Waals surface area contributed by atoms with Crippen molar-refractivity contribution < 1.29 is 14.7 Å². The van der Waals surface area contributed by atoms with Crippen LogP contribution in [0.3, 0.4) is 0 Å². The molecule has 1 fully saturated rings. The molecule has 0 aromatic heterocycles. The lowest BCUT2D eigenvalue weighted by Gasteiger charge is -2.27. The summed E-state index contributed by atoms with van der Waals surface area (Å²) in [6.07, 6.45) is 2.55. The van der Waals surface area contributed by atoms with E-state index in [-0.39, 0.29) is 6.04 Å². The number of rotatable bonds is 2. The SMILES string of the molecule is Cc1c(Cl)cc(NC(=O)C(=O)NC2CCCCC2O)cc1Cl. The van der Waals surface area contributed by atoms with Crippen LogP contribution in [0.4, 0.5) is 5.69 Å². The number of anilines is 1. The van der Waals surface area contributed by atoms with Crippen molar-refractivity contribution in [2.24, 2.45) is 0 Å². The molecule has 2 unspecified atom stereocenters. The summed E-state index contributed by atoms with van der Waals surface area (Å²) in [7, 11) is 0. The van der Waals surface area contributed by atoms with Crippen LogP contribution >= 0.6 is 23.2 Å². The van der Waals surface area contributed by atoms with E-state index < -0.39 is 17.9 Å². The van der Waals surface area contributed by atoms with E-state index in [4.69, 9.17) is 23.2 Å². The van der Waals surface area contributed by atoms with Gasteiger partial charge in [0, 0.05) is 15.7 Å². The molecule has 1 aromatic carbocycles.